The first-order valence-electron chi connectivity index (χ1n) is 10.4. The molecule has 9 heteroatoms. The lowest BCUT2D eigenvalue weighted by Crippen LogP contribution is -2.52. The first kappa shape index (κ1) is 23.4. The van der Waals surface area contributed by atoms with Crippen molar-refractivity contribution in [1.82, 2.24) is 4.90 Å². The standard InChI is InChI=1S/C23H26F3N3O3/c1-16(2)15-32-20-9-3-17(4-10-20)21(30)27-18-5-7-19(8-6-18)28-11-13-29(14-12-28)22(31)23(24,25)26/h3-10,16H,11-15H2,1-2H3,(H,27,30). The Bertz CT molecular complexity index is 920. The molecule has 1 aliphatic rings. The van der Waals surface area contributed by atoms with Crippen molar-refractivity contribution in [1.29, 1.82) is 0 Å². The average molecular weight is 449 g/mol. The van der Waals surface area contributed by atoms with E-state index in [1.807, 2.05) is 4.90 Å². The van der Waals surface area contributed by atoms with Gasteiger partial charge in [0.1, 0.15) is 5.75 Å². The summed E-state index contributed by atoms with van der Waals surface area (Å²) in [4.78, 5) is 26.5. The van der Waals surface area contributed by atoms with E-state index in [9.17, 15) is 22.8 Å². The number of ether oxygens (including phenoxy) is 1. The van der Waals surface area contributed by atoms with Crippen molar-refractivity contribution in [3.8, 4) is 5.75 Å². The Morgan fingerprint density at radius 2 is 1.56 bits per heavy atom. The predicted octanol–water partition coefficient (Wildman–Crippen LogP) is 4.18. The Kier molecular flexibility index (Phi) is 7.27. The number of anilines is 2. The van der Waals surface area contributed by atoms with Gasteiger partial charge in [-0.2, -0.15) is 13.2 Å². The largest absolute Gasteiger partial charge is 0.493 e. The SMILES string of the molecule is CC(C)COc1ccc(C(=O)Nc2ccc(N3CCN(C(=O)C(F)(F)F)CC3)cc2)cc1. The molecule has 2 aromatic carbocycles. The fourth-order valence-electron chi connectivity index (χ4n) is 3.27. The Hall–Kier alpha value is -3.23. The van der Waals surface area contributed by atoms with Gasteiger partial charge in [-0.1, -0.05) is 13.8 Å². The molecule has 2 amide bonds. The van der Waals surface area contributed by atoms with E-state index >= 15 is 0 Å². The Labute approximate surface area is 184 Å². The van der Waals surface area contributed by atoms with E-state index in [4.69, 9.17) is 4.74 Å². The third-order valence-electron chi connectivity index (χ3n) is 5.00. The molecule has 1 fully saturated rings. The molecule has 1 heterocycles. The van der Waals surface area contributed by atoms with Crippen LogP contribution in [0.15, 0.2) is 48.5 Å². The van der Waals surface area contributed by atoms with Crippen LogP contribution in [0.25, 0.3) is 0 Å². The smallest absolute Gasteiger partial charge is 0.471 e. The molecule has 6 nitrogen and oxygen atoms in total. The second-order valence-corrected chi connectivity index (χ2v) is 8.01. The number of rotatable bonds is 6. The molecule has 0 saturated carbocycles. The van der Waals surface area contributed by atoms with Crippen molar-refractivity contribution in [2.75, 3.05) is 43.0 Å². The van der Waals surface area contributed by atoms with Crippen LogP contribution in [0.4, 0.5) is 24.5 Å². The molecule has 0 unspecified atom stereocenters. The molecular formula is C23H26F3N3O3. The summed E-state index contributed by atoms with van der Waals surface area (Å²) in [5, 5.41) is 2.82. The van der Waals surface area contributed by atoms with Crippen LogP contribution in [-0.4, -0.2) is 55.7 Å². The highest BCUT2D eigenvalue weighted by molar-refractivity contribution is 6.04. The molecule has 1 saturated heterocycles. The first-order valence-corrected chi connectivity index (χ1v) is 10.4. The molecule has 32 heavy (non-hydrogen) atoms. The highest BCUT2D eigenvalue weighted by Gasteiger charge is 2.43. The topological polar surface area (TPSA) is 61.9 Å². The van der Waals surface area contributed by atoms with Crippen molar-refractivity contribution in [2.45, 2.75) is 20.0 Å². The number of amides is 2. The summed E-state index contributed by atoms with van der Waals surface area (Å²) in [6.45, 7) is 5.34. The van der Waals surface area contributed by atoms with E-state index in [-0.39, 0.29) is 19.0 Å². The Balaban J connectivity index is 1.53. The molecule has 0 atom stereocenters. The van der Waals surface area contributed by atoms with Gasteiger partial charge in [-0.15, -0.1) is 0 Å². The molecule has 0 aromatic heterocycles. The van der Waals surface area contributed by atoms with Gasteiger partial charge < -0.3 is 19.9 Å². The van der Waals surface area contributed by atoms with Crippen molar-refractivity contribution < 1.29 is 27.5 Å². The summed E-state index contributed by atoms with van der Waals surface area (Å²) in [6, 6.07) is 14.0. The number of halogens is 3. The van der Waals surface area contributed by atoms with Crippen LogP contribution in [-0.2, 0) is 4.79 Å². The molecule has 2 aromatic rings. The zero-order valence-electron chi connectivity index (χ0n) is 18.0. The van der Waals surface area contributed by atoms with Crippen molar-refractivity contribution >= 4 is 23.2 Å². The van der Waals surface area contributed by atoms with Gasteiger partial charge in [-0.05, 0) is 54.4 Å². The van der Waals surface area contributed by atoms with Crippen LogP contribution in [0.5, 0.6) is 5.75 Å². The van der Waals surface area contributed by atoms with Gasteiger partial charge in [0.2, 0.25) is 0 Å². The lowest BCUT2D eigenvalue weighted by molar-refractivity contribution is -0.185. The molecular weight excluding hydrogens is 423 g/mol. The zero-order chi connectivity index (χ0) is 23.3. The molecule has 0 spiro atoms. The fraction of sp³-hybridized carbons (Fsp3) is 0.391. The first-order chi connectivity index (χ1) is 15.1. The van der Waals surface area contributed by atoms with Crippen LogP contribution >= 0.6 is 0 Å². The van der Waals surface area contributed by atoms with Gasteiger partial charge in [0.05, 0.1) is 6.61 Å². The molecule has 3 rings (SSSR count). The Morgan fingerprint density at radius 1 is 0.969 bits per heavy atom. The van der Waals surface area contributed by atoms with Gasteiger partial charge in [-0.3, -0.25) is 9.59 Å². The second kappa shape index (κ2) is 9.93. The number of nitrogens with zero attached hydrogens (tertiary/aromatic N) is 2. The summed E-state index contributed by atoms with van der Waals surface area (Å²) in [6.07, 6.45) is -4.84. The maximum Gasteiger partial charge on any atom is 0.471 e. The van der Waals surface area contributed by atoms with Crippen molar-refractivity contribution in [3.63, 3.8) is 0 Å². The number of benzene rings is 2. The van der Waals surface area contributed by atoms with E-state index in [1.54, 1.807) is 48.5 Å². The molecule has 1 N–H and O–H groups in total. The third kappa shape index (κ3) is 6.15. The second-order valence-electron chi connectivity index (χ2n) is 8.01. The van der Waals surface area contributed by atoms with Crippen LogP contribution in [0.1, 0.15) is 24.2 Å². The number of nitrogens with one attached hydrogen (secondary N) is 1. The number of carbonyl (C=O) groups excluding carboxylic acids is 2. The minimum Gasteiger partial charge on any atom is -0.493 e. The minimum atomic E-state index is -4.84. The minimum absolute atomic E-state index is 0.00765. The summed E-state index contributed by atoms with van der Waals surface area (Å²) in [5.41, 5.74) is 1.91. The maximum atomic E-state index is 12.6. The van der Waals surface area contributed by atoms with Crippen LogP contribution < -0.4 is 15.0 Å². The predicted molar refractivity (Wildman–Crippen MR) is 116 cm³/mol. The summed E-state index contributed by atoms with van der Waals surface area (Å²) in [7, 11) is 0. The highest BCUT2D eigenvalue weighted by atomic mass is 19.4. The van der Waals surface area contributed by atoms with Crippen LogP contribution in [0.3, 0.4) is 0 Å². The van der Waals surface area contributed by atoms with E-state index < -0.39 is 12.1 Å². The zero-order valence-corrected chi connectivity index (χ0v) is 18.0. The number of hydrogen-bond acceptors (Lipinski definition) is 4. The normalized spacial score (nSPS) is 14.4. The quantitative estimate of drug-likeness (QED) is 0.719. The van der Waals surface area contributed by atoms with Crippen molar-refractivity contribution in [3.05, 3.63) is 54.1 Å². The van der Waals surface area contributed by atoms with Gasteiger partial charge in [0.25, 0.3) is 5.91 Å². The highest BCUT2D eigenvalue weighted by Crippen LogP contribution is 2.23. The summed E-state index contributed by atoms with van der Waals surface area (Å²) >= 11 is 0. The third-order valence-corrected chi connectivity index (χ3v) is 5.00. The lowest BCUT2D eigenvalue weighted by atomic mass is 10.2. The summed E-state index contributed by atoms with van der Waals surface area (Å²) in [5.74, 6) is -0.939. The van der Waals surface area contributed by atoms with E-state index in [1.165, 1.54) is 0 Å². The van der Waals surface area contributed by atoms with Gasteiger partial charge in [0, 0.05) is 43.1 Å². The van der Waals surface area contributed by atoms with Gasteiger partial charge >= 0.3 is 12.1 Å². The van der Waals surface area contributed by atoms with E-state index in [0.29, 0.717) is 42.6 Å². The van der Waals surface area contributed by atoms with Gasteiger partial charge in [-0.25, -0.2) is 0 Å². The monoisotopic (exact) mass is 449 g/mol. The fourth-order valence-corrected chi connectivity index (χ4v) is 3.27. The summed E-state index contributed by atoms with van der Waals surface area (Å²) < 4.78 is 43.3. The molecule has 0 bridgehead atoms. The average Bonchev–Trinajstić information content (AvgIpc) is 2.77. The van der Waals surface area contributed by atoms with Gasteiger partial charge in [0.15, 0.2) is 0 Å². The van der Waals surface area contributed by atoms with Crippen LogP contribution in [0, 0.1) is 5.92 Å². The molecule has 172 valence electrons. The van der Waals surface area contributed by atoms with E-state index in [0.717, 1.165) is 10.6 Å². The Morgan fingerprint density at radius 3 is 2.09 bits per heavy atom. The molecule has 0 aliphatic carbocycles. The molecule has 0 radical (unpaired) electrons. The number of piperazine rings is 1. The van der Waals surface area contributed by atoms with Crippen LogP contribution in [0.2, 0.25) is 0 Å². The van der Waals surface area contributed by atoms with E-state index in [2.05, 4.69) is 19.2 Å². The van der Waals surface area contributed by atoms with Crippen molar-refractivity contribution in [2.24, 2.45) is 5.92 Å². The maximum absolute atomic E-state index is 12.6. The lowest BCUT2D eigenvalue weighted by Gasteiger charge is -2.36. The number of alkyl halides is 3. The number of hydrogen-bond donors (Lipinski definition) is 1. The molecule has 1 aliphatic heterocycles. The number of carbonyl (C=O) groups is 2.